The molecule has 4 atom stereocenters. The fourth-order valence-corrected chi connectivity index (χ4v) is 8.08. The summed E-state index contributed by atoms with van der Waals surface area (Å²) >= 11 is 3.51. The number of aromatic nitrogens is 4. The molecule has 7 rings (SSSR count). The first kappa shape index (κ1) is 40.6. The lowest BCUT2D eigenvalue weighted by molar-refractivity contribution is -0.0838. The molecule has 13 heteroatoms. The van der Waals surface area contributed by atoms with Gasteiger partial charge in [-0.2, -0.15) is 4.98 Å². The first-order chi connectivity index (χ1) is 27.6. The number of fused-ring (bicyclic) bond motifs is 1. The van der Waals surface area contributed by atoms with E-state index in [-0.39, 0.29) is 13.2 Å². The van der Waals surface area contributed by atoms with Crippen molar-refractivity contribution in [3.63, 3.8) is 0 Å². The summed E-state index contributed by atoms with van der Waals surface area (Å²) in [5, 5.41) is 12.1. The van der Waals surface area contributed by atoms with Gasteiger partial charge in [0.15, 0.2) is 11.2 Å². The monoisotopic (exact) mass is 852 g/mol. The average molecular weight is 854 g/mol. The Morgan fingerprint density at radius 3 is 2.04 bits per heavy atom. The second-order valence-corrected chi connectivity index (χ2v) is 21.9. The standard InChI is InChI=1S/C44H49BrN4O7Si/c1-51-35-19-13-32(14-20-35)44(31-9-7-6-8-10-31,33-15-21-36(52-2)22-16-33)55-27-38-40(50)41(54-26-30-11-17-34(45)18-12-30)37(56-38)25-49-29-48-39-42(49)46-28-47-43(39)53-23-24-57(3,4)5/h6-22,28-29,37-38,40-41,50H,23-27H2,1-5H3/t37?,38-,40-,41+/m1/s1. The van der Waals surface area contributed by atoms with Gasteiger partial charge in [0.05, 0.1) is 46.9 Å². The number of halogens is 1. The van der Waals surface area contributed by atoms with E-state index in [1.807, 2.05) is 108 Å². The van der Waals surface area contributed by atoms with E-state index in [9.17, 15) is 5.11 Å². The van der Waals surface area contributed by atoms with E-state index in [2.05, 4.69) is 50.5 Å². The van der Waals surface area contributed by atoms with E-state index >= 15 is 0 Å². The Morgan fingerprint density at radius 1 is 0.789 bits per heavy atom. The average Bonchev–Trinajstić information content (AvgIpc) is 3.77. The van der Waals surface area contributed by atoms with Crippen molar-refractivity contribution < 1.29 is 33.5 Å². The summed E-state index contributed by atoms with van der Waals surface area (Å²) in [7, 11) is 1.98. The van der Waals surface area contributed by atoms with Crippen molar-refractivity contribution in [3.8, 4) is 17.4 Å². The number of aliphatic hydroxyl groups excluding tert-OH is 1. The summed E-state index contributed by atoms with van der Waals surface area (Å²) in [6, 6.07) is 34.7. The summed E-state index contributed by atoms with van der Waals surface area (Å²) in [5.41, 5.74) is 3.70. The summed E-state index contributed by atoms with van der Waals surface area (Å²) in [4.78, 5) is 13.6. The molecular weight excluding hydrogens is 804 g/mol. The third-order valence-corrected chi connectivity index (χ3v) is 12.5. The molecule has 3 heterocycles. The quantitative estimate of drug-likeness (QED) is 0.0714. The van der Waals surface area contributed by atoms with E-state index in [1.54, 1.807) is 20.5 Å². The SMILES string of the molecule is COc1ccc(C(OC[C@H]2OC(Cn3cnc4c(OCC[Si](C)(C)C)ncnc43)[C@H](OCc3ccc(Br)cc3)[C@@H]2O)(c2ccccc2)c2ccc(OC)cc2)cc1. The molecule has 0 amide bonds. The van der Waals surface area contributed by atoms with Gasteiger partial charge in [0.25, 0.3) is 0 Å². The number of benzene rings is 4. The highest BCUT2D eigenvalue weighted by atomic mass is 79.9. The molecular formula is C44H49BrN4O7Si. The molecule has 1 aliphatic heterocycles. The summed E-state index contributed by atoms with van der Waals surface area (Å²) in [6.07, 6.45) is 0.130. The second kappa shape index (κ2) is 17.9. The fraction of sp³-hybridized carbons (Fsp3) is 0.341. The first-order valence-corrected chi connectivity index (χ1v) is 23.5. The first-order valence-electron chi connectivity index (χ1n) is 19.0. The minimum absolute atomic E-state index is 0.0324. The minimum atomic E-state index is -1.31. The highest BCUT2D eigenvalue weighted by Crippen LogP contribution is 2.43. The van der Waals surface area contributed by atoms with Crippen molar-refractivity contribution in [2.45, 2.75) is 68.9 Å². The predicted molar refractivity (Wildman–Crippen MR) is 225 cm³/mol. The van der Waals surface area contributed by atoms with E-state index in [4.69, 9.17) is 28.4 Å². The molecule has 0 aliphatic carbocycles. The minimum Gasteiger partial charge on any atom is -0.497 e. The number of methoxy groups -OCH3 is 2. The van der Waals surface area contributed by atoms with Gasteiger partial charge in [-0.15, -0.1) is 0 Å². The fourth-order valence-electron chi connectivity index (χ4n) is 7.11. The van der Waals surface area contributed by atoms with Gasteiger partial charge in [-0.25, -0.2) is 9.97 Å². The largest absolute Gasteiger partial charge is 0.497 e. The van der Waals surface area contributed by atoms with Crippen molar-refractivity contribution >= 4 is 35.2 Å². The van der Waals surface area contributed by atoms with Crippen LogP contribution in [0.5, 0.6) is 17.4 Å². The molecule has 0 spiro atoms. The van der Waals surface area contributed by atoms with Gasteiger partial charge in [0.1, 0.15) is 47.8 Å². The number of aliphatic hydroxyl groups is 1. The number of ether oxygens (including phenoxy) is 6. The van der Waals surface area contributed by atoms with Crippen LogP contribution in [0.15, 0.2) is 120 Å². The lowest BCUT2D eigenvalue weighted by Crippen LogP contribution is -2.40. The van der Waals surface area contributed by atoms with Gasteiger partial charge in [-0.3, -0.25) is 0 Å². The van der Waals surface area contributed by atoms with Crippen LogP contribution in [-0.2, 0) is 33.0 Å². The van der Waals surface area contributed by atoms with Crippen molar-refractivity contribution in [2.24, 2.45) is 0 Å². The topological polar surface area (TPSA) is 119 Å². The van der Waals surface area contributed by atoms with Crippen LogP contribution in [0.1, 0.15) is 22.3 Å². The van der Waals surface area contributed by atoms with Gasteiger partial charge < -0.3 is 38.1 Å². The normalized spacial score (nSPS) is 18.5. The molecule has 0 saturated carbocycles. The smallest absolute Gasteiger partial charge is 0.245 e. The van der Waals surface area contributed by atoms with E-state index in [0.717, 1.165) is 44.3 Å². The van der Waals surface area contributed by atoms with Gasteiger partial charge in [0, 0.05) is 12.5 Å². The lowest BCUT2D eigenvalue weighted by Gasteiger charge is -2.37. The number of hydrogen-bond donors (Lipinski definition) is 1. The molecule has 1 N–H and O–H groups in total. The summed E-state index contributed by atoms with van der Waals surface area (Å²) in [6.45, 7) is 8.11. The molecule has 4 aromatic carbocycles. The van der Waals surface area contributed by atoms with Crippen LogP contribution in [0, 0.1) is 0 Å². The van der Waals surface area contributed by atoms with Gasteiger partial charge in [0.2, 0.25) is 5.88 Å². The Labute approximate surface area is 343 Å². The molecule has 1 unspecified atom stereocenters. The Hall–Kier alpha value is -4.63. The molecule has 11 nitrogen and oxygen atoms in total. The molecule has 298 valence electrons. The molecule has 57 heavy (non-hydrogen) atoms. The lowest BCUT2D eigenvalue weighted by atomic mass is 9.80. The Bertz CT molecular complexity index is 2150. The molecule has 2 aromatic heterocycles. The number of nitrogens with zero attached hydrogens (tertiary/aromatic N) is 4. The van der Waals surface area contributed by atoms with Gasteiger partial charge >= 0.3 is 0 Å². The maximum Gasteiger partial charge on any atom is 0.245 e. The van der Waals surface area contributed by atoms with Crippen LogP contribution in [0.3, 0.4) is 0 Å². The van der Waals surface area contributed by atoms with E-state index < -0.39 is 38.1 Å². The number of hydrogen-bond acceptors (Lipinski definition) is 10. The van der Waals surface area contributed by atoms with Crippen LogP contribution in [0.4, 0.5) is 0 Å². The summed E-state index contributed by atoms with van der Waals surface area (Å²) < 4.78 is 40.5. The zero-order valence-electron chi connectivity index (χ0n) is 32.9. The van der Waals surface area contributed by atoms with Crippen molar-refractivity contribution in [2.75, 3.05) is 27.4 Å². The number of imidazole rings is 1. The highest BCUT2D eigenvalue weighted by Gasteiger charge is 2.47. The van der Waals surface area contributed by atoms with Gasteiger partial charge in [-0.1, -0.05) is 102 Å². The van der Waals surface area contributed by atoms with Gasteiger partial charge in [-0.05, 0) is 64.7 Å². The van der Waals surface area contributed by atoms with Crippen molar-refractivity contribution in [1.29, 1.82) is 0 Å². The van der Waals surface area contributed by atoms with Crippen molar-refractivity contribution in [1.82, 2.24) is 19.5 Å². The maximum atomic E-state index is 12.1. The second-order valence-electron chi connectivity index (χ2n) is 15.3. The maximum absolute atomic E-state index is 12.1. The molecule has 0 bridgehead atoms. The van der Waals surface area contributed by atoms with Crippen LogP contribution < -0.4 is 14.2 Å². The zero-order valence-corrected chi connectivity index (χ0v) is 35.5. The van der Waals surface area contributed by atoms with Crippen LogP contribution >= 0.6 is 15.9 Å². The summed E-state index contributed by atoms with van der Waals surface area (Å²) in [5.74, 6) is 1.90. The third-order valence-electron chi connectivity index (χ3n) is 10.3. The Kier molecular flexibility index (Phi) is 12.7. The molecule has 1 fully saturated rings. The van der Waals surface area contributed by atoms with Crippen LogP contribution in [-0.4, -0.2) is 84.5 Å². The molecule has 1 saturated heterocycles. The Morgan fingerprint density at radius 2 is 1.42 bits per heavy atom. The van der Waals surface area contributed by atoms with Crippen molar-refractivity contribution in [3.05, 3.63) is 143 Å². The van der Waals surface area contributed by atoms with E-state index in [0.29, 0.717) is 30.2 Å². The Balaban J connectivity index is 1.21. The molecule has 0 radical (unpaired) electrons. The third kappa shape index (κ3) is 9.24. The molecule has 6 aromatic rings. The van der Waals surface area contributed by atoms with Crippen LogP contribution in [0.25, 0.3) is 11.2 Å². The number of rotatable bonds is 17. The van der Waals surface area contributed by atoms with Crippen LogP contribution in [0.2, 0.25) is 25.7 Å². The predicted octanol–water partition coefficient (Wildman–Crippen LogP) is 8.05. The molecule has 1 aliphatic rings. The highest BCUT2D eigenvalue weighted by molar-refractivity contribution is 9.10. The van der Waals surface area contributed by atoms with E-state index in [1.165, 1.54) is 6.33 Å². The zero-order chi connectivity index (χ0) is 40.0.